The van der Waals surface area contributed by atoms with Gasteiger partial charge in [-0.15, -0.1) is 0 Å². The predicted octanol–water partition coefficient (Wildman–Crippen LogP) is 0.999. The number of carbonyl (C=O) groups excluding carboxylic acids is 2. The van der Waals surface area contributed by atoms with Crippen molar-refractivity contribution >= 4 is 28.9 Å². The molecule has 1 heterocycles. The molecule has 2 amide bonds. The fourth-order valence-corrected chi connectivity index (χ4v) is 3.19. The number of nitrogens with zero attached hydrogens (tertiary/aromatic N) is 2. The van der Waals surface area contributed by atoms with Crippen molar-refractivity contribution in [3.63, 3.8) is 0 Å². The molecule has 0 fully saturated rings. The van der Waals surface area contributed by atoms with Crippen molar-refractivity contribution < 1.29 is 9.59 Å². The number of benzene rings is 2. The van der Waals surface area contributed by atoms with Crippen LogP contribution in [0.2, 0.25) is 0 Å². The smallest absolute Gasteiger partial charge is 0.238 e. The molecule has 26 heavy (non-hydrogen) atoms. The monoisotopic (exact) mass is 351 g/mol. The summed E-state index contributed by atoms with van der Waals surface area (Å²) in [7, 11) is 0. The van der Waals surface area contributed by atoms with Crippen LogP contribution in [-0.2, 0) is 16.1 Å². The van der Waals surface area contributed by atoms with Crippen molar-refractivity contribution in [1.29, 1.82) is 0 Å². The van der Waals surface area contributed by atoms with E-state index in [-0.39, 0.29) is 12.5 Å². The first-order valence-electron chi connectivity index (χ1n) is 8.16. The number of hydrogen-bond acceptors (Lipinski definition) is 5. The molecule has 0 aromatic heterocycles. The molecule has 7 nitrogen and oxygen atoms in total. The molecule has 1 aliphatic rings. The average molecular weight is 351 g/mol. The zero-order valence-corrected chi connectivity index (χ0v) is 14.5. The number of rotatable bonds is 3. The lowest BCUT2D eigenvalue weighted by Gasteiger charge is -2.32. The summed E-state index contributed by atoms with van der Waals surface area (Å²) in [6.45, 7) is 1.71. The number of fused-ring (bicyclic) bond motifs is 2. The molecule has 0 spiro atoms. The van der Waals surface area contributed by atoms with Gasteiger partial charge in [0.15, 0.2) is 0 Å². The molecular formula is C19H21N5O2. The van der Waals surface area contributed by atoms with Crippen molar-refractivity contribution in [2.45, 2.75) is 13.5 Å². The minimum atomic E-state index is -0.564. The fourth-order valence-electron chi connectivity index (χ4n) is 3.19. The number of hydrogen-bond donors (Lipinski definition) is 3. The molecule has 0 unspecified atom stereocenters. The van der Waals surface area contributed by atoms with E-state index in [0.29, 0.717) is 29.2 Å². The molecule has 0 saturated carbocycles. The number of anilines is 1. The number of amides is 2. The van der Waals surface area contributed by atoms with Gasteiger partial charge in [0.25, 0.3) is 0 Å². The molecule has 1 aliphatic heterocycles. The van der Waals surface area contributed by atoms with Crippen molar-refractivity contribution in [3.8, 4) is 0 Å². The molecule has 7 heteroatoms. The van der Waals surface area contributed by atoms with Crippen LogP contribution in [0.15, 0.2) is 48.5 Å². The lowest BCUT2D eigenvalue weighted by molar-refractivity contribution is -0.118. The highest BCUT2D eigenvalue weighted by Gasteiger charge is 2.26. The summed E-state index contributed by atoms with van der Waals surface area (Å²) in [5.74, 6) is 5.48. The van der Waals surface area contributed by atoms with E-state index in [1.165, 1.54) is 11.9 Å². The van der Waals surface area contributed by atoms with Crippen molar-refractivity contribution in [2.75, 3.05) is 11.4 Å². The summed E-state index contributed by atoms with van der Waals surface area (Å²) < 4.78 is 0. The van der Waals surface area contributed by atoms with Crippen LogP contribution in [0.3, 0.4) is 0 Å². The van der Waals surface area contributed by atoms with Gasteiger partial charge in [-0.2, -0.15) is 0 Å². The van der Waals surface area contributed by atoms with E-state index in [9.17, 15) is 9.59 Å². The molecule has 2 aromatic carbocycles. The van der Waals surface area contributed by atoms with Gasteiger partial charge in [0.1, 0.15) is 6.54 Å². The van der Waals surface area contributed by atoms with Gasteiger partial charge in [0.2, 0.25) is 11.8 Å². The van der Waals surface area contributed by atoms with Crippen LogP contribution in [0.1, 0.15) is 23.6 Å². The summed E-state index contributed by atoms with van der Waals surface area (Å²) >= 11 is 0. The maximum absolute atomic E-state index is 12.3. The summed E-state index contributed by atoms with van der Waals surface area (Å²) in [5, 5.41) is 1.26. The highest BCUT2D eigenvalue weighted by Crippen LogP contribution is 2.36. The number of carbonyl (C=O) groups is 2. The molecule has 6 N–H and O–H groups in total. The summed E-state index contributed by atoms with van der Waals surface area (Å²) in [6, 6.07) is 14.9. The van der Waals surface area contributed by atoms with E-state index in [1.54, 1.807) is 4.90 Å². The lowest BCUT2D eigenvalue weighted by atomic mass is 9.95. The summed E-state index contributed by atoms with van der Waals surface area (Å²) in [5.41, 5.74) is 15.7. The zero-order chi connectivity index (χ0) is 18.8. The van der Waals surface area contributed by atoms with Crippen molar-refractivity contribution in [2.24, 2.45) is 17.3 Å². The Hall–Kier alpha value is -3.32. The second-order valence-corrected chi connectivity index (χ2v) is 6.14. The summed E-state index contributed by atoms with van der Waals surface area (Å²) in [4.78, 5) is 25.3. The lowest BCUT2D eigenvalue weighted by Crippen LogP contribution is -2.40. The molecule has 0 bridgehead atoms. The number of nitrogens with two attached hydrogens (primary N) is 3. The first-order valence-corrected chi connectivity index (χ1v) is 8.16. The van der Waals surface area contributed by atoms with E-state index in [0.717, 1.165) is 11.1 Å². The van der Waals surface area contributed by atoms with Gasteiger partial charge in [-0.1, -0.05) is 42.5 Å². The Bertz CT molecular complexity index is 906. The highest BCUT2D eigenvalue weighted by atomic mass is 16.2. The van der Waals surface area contributed by atoms with Gasteiger partial charge in [-0.3, -0.25) is 14.6 Å². The number of hydrazine groups is 1. The van der Waals surface area contributed by atoms with Crippen LogP contribution in [0, 0.1) is 0 Å². The highest BCUT2D eigenvalue weighted by molar-refractivity contribution is 6.00. The largest absolute Gasteiger partial charge is 0.396 e. The standard InChI is InChI=1S/C19H21N5O2/c1-12(25)23-10-13-6-2-3-7-14(13)19(24(22)11-17(20)26)18(21)15-8-4-5-9-16(15)23/h2-9H,10-11,21-22H2,1H3,(H2,20,26)/b19-18-. The minimum absolute atomic E-state index is 0.0924. The van der Waals surface area contributed by atoms with Crippen LogP contribution in [0.25, 0.3) is 11.4 Å². The van der Waals surface area contributed by atoms with Gasteiger partial charge in [-0.05, 0) is 11.6 Å². The van der Waals surface area contributed by atoms with E-state index in [2.05, 4.69) is 0 Å². The topological polar surface area (TPSA) is 119 Å². The fraction of sp³-hybridized carbons (Fsp3) is 0.158. The third-order valence-corrected chi connectivity index (χ3v) is 4.33. The first-order chi connectivity index (χ1) is 12.4. The van der Waals surface area contributed by atoms with Gasteiger partial charge < -0.3 is 16.4 Å². The first kappa shape index (κ1) is 17.5. The third-order valence-electron chi connectivity index (χ3n) is 4.33. The second-order valence-electron chi connectivity index (χ2n) is 6.14. The molecule has 2 aromatic rings. The van der Waals surface area contributed by atoms with E-state index in [1.807, 2.05) is 48.5 Å². The molecule has 0 radical (unpaired) electrons. The Balaban J connectivity index is 2.32. The van der Waals surface area contributed by atoms with Crippen LogP contribution in [0.4, 0.5) is 5.69 Å². The van der Waals surface area contributed by atoms with Crippen LogP contribution in [0.5, 0.6) is 0 Å². The maximum atomic E-state index is 12.3. The molecule has 0 atom stereocenters. The Labute approximate surface area is 151 Å². The SMILES string of the molecule is CC(=O)N1Cc2ccccc2/C(N(N)CC(N)=O)=C(/N)c2ccccc21. The number of primary amides is 1. The minimum Gasteiger partial charge on any atom is -0.396 e. The van der Waals surface area contributed by atoms with Crippen LogP contribution < -0.4 is 22.2 Å². The van der Waals surface area contributed by atoms with Gasteiger partial charge in [0.05, 0.1) is 23.6 Å². The third kappa shape index (κ3) is 3.12. The Morgan fingerprint density at radius 3 is 2.35 bits per heavy atom. The summed E-state index contributed by atoms with van der Waals surface area (Å²) in [6.07, 6.45) is 0. The molecule has 0 aliphatic carbocycles. The number of para-hydroxylation sites is 1. The molecule has 3 rings (SSSR count). The maximum Gasteiger partial charge on any atom is 0.238 e. The Kier molecular flexibility index (Phi) is 4.64. The average Bonchev–Trinajstić information content (AvgIpc) is 2.58. The normalized spacial score (nSPS) is 16.2. The van der Waals surface area contributed by atoms with Crippen LogP contribution >= 0.6 is 0 Å². The van der Waals surface area contributed by atoms with E-state index < -0.39 is 5.91 Å². The van der Waals surface area contributed by atoms with Gasteiger partial charge >= 0.3 is 0 Å². The van der Waals surface area contributed by atoms with Crippen molar-refractivity contribution in [1.82, 2.24) is 5.01 Å². The van der Waals surface area contributed by atoms with Gasteiger partial charge in [-0.25, -0.2) is 5.84 Å². The quantitative estimate of drug-likeness (QED) is 0.563. The molecular weight excluding hydrogens is 330 g/mol. The Morgan fingerprint density at radius 1 is 1.08 bits per heavy atom. The molecule has 0 saturated heterocycles. The molecule has 134 valence electrons. The van der Waals surface area contributed by atoms with E-state index in [4.69, 9.17) is 17.3 Å². The van der Waals surface area contributed by atoms with Crippen LogP contribution in [-0.4, -0.2) is 23.4 Å². The van der Waals surface area contributed by atoms with Crippen molar-refractivity contribution in [3.05, 3.63) is 65.2 Å². The van der Waals surface area contributed by atoms with Gasteiger partial charge in [0, 0.05) is 18.1 Å². The Morgan fingerprint density at radius 2 is 1.69 bits per heavy atom. The predicted molar refractivity (Wildman–Crippen MR) is 101 cm³/mol. The zero-order valence-electron chi connectivity index (χ0n) is 14.5. The second kappa shape index (κ2) is 6.89. The van der Waals surface area contributed by atoms with E-state index >= 15 is 0 Å².